The molecule has 0 amide bonds. The van der Waals surface area contributed by atoms with Gasteiger partial charge in [0.05, 0.1) is 12.2 Å². The molecule has 0 rings (SSSR count). The van der Waals surface area contributed by atoms with Gasteiger partial charge in [0.2, 0.25) is 0 Å². The summed E-state index contributed by atoms with van der Waals surface area (Å²) >= 11 is 0. The maximum absolute atomic E-state index is 10.2. The molecule has 0 spiro atoms. The van der Waals surface area contributed by atoms with Gasteiger partial charge in [-0.25, -0.2) is 0 Å². The molecule has 0 aliphatic heterocycles. The first-order valence-electron chi connectivity index (χ1n) is 8.04. The van der Waals surface area contributed by atoms with E-state index in [9.17, 15) is 14.4 Å². The van der Waals surface area contributed by atoms with Crippen molar-refractivity contribution in [3.8, 4) is 0 Å². The lowest BCUT2D eigenvalue weighted by Crippen LogP contribution is -2.39. The minimum absolute atomic E-state index is 0.112. The van der Waals surface area contributed by atoms with Gasteiger partial charge in [-0.05, 0) is 26.7 Å². The Morgan fingerprint density at radius 3 is 1.43 bits per heavy atom. The molecule has 14 heteroatoms. The van der Waals surface area contributed by atoms with Crippen LogP contribution in [0.25, 0.3) is 0 Å². The molecule has 0 aromatic carbocycles. The first-order valence-corrected chi connectivity index (χ1v) is 8.04. The summed E-state index contributed by atoms with van der Waals surface area (Å²) in [5.74, 6) is -3.48. The number of hydrogen-bond donors (Lipinski definition) is 11. The number of rotatable bonds is 9. The summed E-state index contributed by atoms with van der Waals surface area (Å²) in [7, 11) is 0. The molecule has 0 aliphatic rings. The number of carboxylic acids is 3. The summed E-state index contributed by atoms with van der Waals surface area (Å²) in [6.07, 6.45) is -0.983. The fourth-order valence-corrected chi connectivity index (χ4v) is 1.08. The Kier molecular flexibility index (Phi) is 18.0. The van der Waals surface area contributed by atoms with E-state index in [-0.39, 0.29) is 5.96 Å². The third-order valence-electron chi connectivity index (χ3n) is 2.93. The number of hydrogen-bond acceptors (Lipinski definition) is 9. The van der Waals surface area contributed by atoms with Gasteiger partial charge >= 0.3 is 17.9 Å². The van der Waals surface area contributed by atoms with E-state index < -0.39 is 48.2 Å². The highest BCUT2D eigenvalue weighted by molar-refractivity contribution is 5.74. The second-order valence-electron chi connectivity index (χ2n) is 5.64. The van der Waals surface area contributed by atoms with Crippen molar-refractivity contribution in [1.82, 2.24) is 5.32 Å². The van der Waals surface area contributed by atoms with Crippen LogP contribution in [0.4, 0.5) is 0 Å². The number of aliphatic hydroxyl groups is 2. The predicted molar refractivity (Wildman–Crippen MR) is 99.3 cm³/mol. The van der Waals surface area contributed by atoms with Crippen molar-refractivity contribution in [2.45, 2.75) is 57.0 Å². The van der Waals surface area contributed by atoms with Crippen LogP contribution < -0.4 is 28.3 Å². The summed E-state index contributed by atoms with van der Waals surface area (Å²) in [5, 5.41) is 50.8. The standard InChI is InChI=1S/C6H14N4O2.2C4H9NO3/c7-4(5(11)12)2-1-3-10-6(8)9;2*1-2(6)3(5)4(7)8/h4H,1-3,7H2,(H,11,12)(H4,8,9,10);2*2-3,6H,5H2,1H3,(H,7,8). The van der Waals surface area contributed by atoms with Crippen LogP contribution in [-0.4, -0.2) is 86.3 Å². The van der Waals surface area contributed by atoms with Crippen molar-refractivity contribution >= 4 is 23.9 Å². The molecular weight excluding hydrogens is 380 g/mol. The maximum Gasteiger partial charge on any atom is 0.323 e. The highest BCUT2D eigenvalue weighted by Crippen LogP contribution is 1.92. The molecule has 0 fully saturated rings. The van der Waals surface area contributed by atoms with Gasteiger partial charge in [0.15, 0.2) is 5.96 Å². The van der Waals surface area contributed by atoms with Crippen molar-refractivity contribution < 1.29 is 39.9 Å². The smallest absolute Gasteiger partial charge is 0.323 e. The lowest BCUT2D eigenvalue weighted by Gasteiger charge is -2.07. The van der Waals surface area contributed by atoms with Crippen molar-refractivity contribution in [2.75, 3.05) is 6.54 Å². The normalized spacial score (nSPS) is 15.1. The Bertz CT molecular complexity index is 464. The van der Waals surface area contributed by atoms with Gasteiger partial charge < -0.3 is 53.8 Å². The molecule has 166 valence electrons. The number of guanidine groups is 1. The summed E-state index contributed by atoms with van der Waals surface area (Å²) < 4.78 is 0. The molecule has 5 unspecified atom stereocenters. The first kappa shape index (κ1) is 30.2. The van der Waals surface area contributed by atoms with Gasteiger partial charge in [-0.2, -0.15) is 0 Å². The van der Waals surface area contributed by atoms with Gasteiger partial charge in [-0.3, -0.25) is 19.8 Å². The molecule has 0 radical (unpaired) electrons. The third-order valence-corrected chi connectivity index (χ3v) is 2.93. The van der Waals surface area contributed by atoms with E-state index in [1.807, 2.05) is 0 Å². The largest absolute Gasteiger partial charge is 0.480 e. The fraction of sp³-hybridized carbons (Fsp3) is 0.714. The molecule has 5 atom stereocenters. The summed E-state index contributed by atoms with van der Waals surface area (Å²) in [5.41, 5.74) is 20.0. The molecule has 14 nitrogen and oxygen atoms in total. The topological polar surface area (TPSA) is 292 Å². The average Bonchev–Trinajstić information content (AvgIpc) is 2.57. The van der Waals surface area contributed by atoms with Gasteiger partial charge in [0.1, 0.15) is 18.1 Å². The minimum atomic E-state index is -1.18. The Hall–Kier alpha value is -2.52. The molecule has 28 heavy (non-hydrogen) atoms. The number of carboxylic acid groups (broad SMARTS) is 3. The van der Waals surface area contributed by atoms with Crippen LogP contribution in [0.2, 0.25) is 0 Å². The number of nitrogens with two attached hydrogens (primary N) is 4. The van der Waals surface area contributed by atoms with Crippen LogP contribution >= 0.6 is 0 Å². The van der Waals surface area contributed by atoms with E-state index in [4.69, 9.17) is 53.9 Å². The molecule has 0 heterocycles. The summed E-state index contributed by atoms with van der Waals surface area (Å²) in [6.45, 7) is 3.15. The van der Waals surface area contributed by atoms with E-state index in [1.165, 1.54) is 13.8 Å². The molecule has 0 aliphatic carbocycles. The third kappa shape index (κ3) is 19.8. The van der Waals surface area contributed by atoms with Gasteiger partial charge in [-0.15, -0.1) is 0 Å². The molecule has 0 saturated carbocycles. The quantitative estimate of drug-likeness (QED) is 0.0985. The lowest BCUT2D eigenvalue weighted by molar-refractivity contribution is -0.141. The Labute approximate surface area is 162 Å². The van der Waals surface area contributed by atoms with Crippen molar-refractivity contribution in [3.05, 3.63) is 0 Å². The predicted octanol–water partition coefficient (Wildman–Crippen LogP) is -3.78. The number of aliphatic carboxylic acids is 3. The lowest BCUT2D eigenvalue weighted by atomic mass is 10.2. The van der Waals surface area contributed by atoms with E-state index in [0.717, 1.165) is 0 Å². The van der Waals surface area contributed by atoms with Crippen LogP contribution in [0, 0.1) is 5.41 Å². The minimum Gasteiger partial charge on any atom is -0.480 e. The Balaban J connectivity index is -0.000000347. The molecule has 0 aromatic heterocycles. The fourth-order valence-electron chi connectivity index (χ4n) is 1.08. The number of aliphatic hydroxyl groups excluding tert-OH is 2. The number of nitrogens with one attached hydrogen (secondary N) is 2. The number of carbonyl (C=O) groups is 3. The van der Waals surface area contributed by atoms with Crippen LogP contribution in [0.5, 0.6) is 0 Å². The molecular formula is C14H32N6O8. The van der Waals surface area contributed by atoms with Crippen LogP contribution in [0.3, 0.4) is 0 Å². The zero-order valence-electron chi connectivity index (χ0n) is 15.8. The monoisotopic (exact) mass is 412 g/mol. The Morgan fingerprint density at radius 1 is 0.893 bits per heavy atom. The molecule has 0 aromatic rings. The second kappa shape index (κ2) is 16.6. The molecule has 0 bridgehead atoms. The zero-order valence-corrected chi connectivity index (χ0v) is 15.8. The molecule has 15 N–H and O–H groups in total. The van der Waals surface area contributed by atoms with Crippen LogP contribution in [-0.2, 0) is 14.4 Å². The first-order chi connectivity index (χ1) is 12.6. The molecule has 0 saturated heterocycles. The van der Waals surface area contributed by atoms with Crippen LogP contribution in [0.1, 0.15) is 26.7 Å². The van der Waals surface area contributed by atoms with Crippen LogP contribution in [0.15, 0.2) is 0 Å². The second-order valence-corrected chi connectivity index (χ2v) is 5.64. The Morgan fingerprint density at radius 2 is 1.25 bits per heavy atom. The van der Waals surface area contributed by atoms with Crippen molar-refractivity contribution in [2.24, 2.45) is 22.9 Å². The highest BCUT2D eigenvalue weighted by Gasteiger charge is 2.16. The van der Waals surface area contributed by atoms with E-state index in [2.05, 4.69) is 5.32 Å². The highest BCUT2D eigenvalue weighted by atomic mass is 16.4. The summed E-state index contributed by atoms with van der Waals surface area (Å²) in [6, 6.07) is -3.14. The van der Waals surface area contributed by atoms with E-state index in [0.29, 0.717) is 19.4 Å². The van der Waals surface area contributed by atoms with Gasteiger partial charge in [0.25, 0.3) is 0 Å². The van der Waals surface area contributed by atoms with Gasteiger partial charge in [0, 0.05) is 6.54 Å². The zero-order chi connectivity index (χ0) is 23.0. The van der Waals surface area contributed by atoms with Gasteiger partial charge in [-0.1, -0.05) is 0 Å². The SMILES string of the molecule is CC(O)C(N)C(=O)O.CC(O)C(N)C(=O)O.N=C(N)NCCCC(N)C(=O)O. The maximum atomic E-state index is 10.2. The van der Waals surface area contributed by atoms with Crippen molar-refractivity contribution in [1.29, 1.82) is 5.41 Å². The average molecular weight is 412 g/mol. The van der Waals surface area contributed by atoms with E-state index >= 15 is 0 Å². The van der Waals surface area contributed by atoms with Crippen molar-refractivity contribution in [3.63, 3.8) is 0 Å². The van der Waals surface area contributed by atoms with E-state index in [1.54, 1.807) is 0 Å². The summed E-state index contributed by atoms with van der Waals surface area (Å²) in [4.78, 5) is 29.9.